The standard InChI is InChI=1S/C20H30N4O4/c1-14-21-19(28-22-14)16-9-23(18(26)10-27-2)11-20(16)12-24(13-20)17(25)8-7-15-5-3-4-6-15/h15-16H,3-13H2,1-2H3. The summed E-state index contributed by atoms with van der Waals surface area (Å²) >= 11 is 0. The van der Waals surface area contributed by atoms with Crippen molar-refractivity contribution in [3.05, 3.63) is 11.7 Å². The summed E-state index contributed by atoms with van der Waals surface area (Å²) in [6.45, 7) is 4.30. The Morgan fingerprint density at radius 3 is 2.54 bits per heavy atom. The van der Waals surface area contributed by atoms with Crippen molar-refractivity contribution in [1.82, 2.24) is 19.9 Å². The number of hydrogen-bond acceptors (Lipinski definition) is 6. The monoisotopic (exact) mass is 390 g/mol. The van der Waals surface area contributed by atoms with Crippen molar-refractivity contribution in [2.45, 2.75) is 51.4 Å². The van der Waals surface area contributed by atoms with Gasteiger partial charge in [0, 0.05) is 45.1 Å². The van der Waals surface area contributed by atoms with E-state index in [1.807, 2.05) is 9.80 Å². The van der Waals surface area contributed by atoms with Gasteiger partial charge in [-0.25, -0.2) is 0 Å². The summed E-state index contributed by atoms with van der Waals surface area (Å²) in [4.78, 5) is 33.2. The van der Waals surface area contributed by atoms with E-state index in [-0.39, 0.29) is 29.8 Å². The van der Waals surface area contributed by atoms with E-state index in [4.69, 9.17) is 9.26 Å². The largest absolute Gasteiger partial charge is 0.375 e. The number of hydrogen-bond donors (Lipinski definition) is 0. The molecule has 3 fully saturated rings. The first-order chi connectivity index (χ1) is 13.5. The van der Waals surface area contributed by atoms with E-state index < -0.39 is 0 Å². The molecule has 1 spiro atoms. The molecule has 0 N–H and O–H groups in total. The molecule has 1 saturated carbocycles. The highest BCUT2D eigenvalue weighted by atomic mass is 16.5. The number of aryl methyl sites for hydroxylation is 1. The third kappa shape index (κ3) is 3.66. The van der Waals surface area contributed by atoms with Gasteiger partial charge in [0.05, 0.1) is 5.92 Å². The van der Waals surface area contributed by atoms with Gasteiger partial charge in [-0.3, -0.25) is 9.59 Å². The van der Waals surface area contributed by atoms with E-state index in [9.17, 15) is 9.59 Å². The van der Waals surface area contributed by atoms with Gasteiger partial charge >= 0.3 is 0 Å². The smallest absolute Gasteiger partial charge is 0.248 e. The molecule has 1 aromatic rings. The van der Waals surface area contributed by atoms with E-state index in [0.717, 1.165) is 12.3 Å². The van der Waals surface area contributed by atoms with Gasteiger partial charge in [-0.2, -0.15) is 4.98 Å². The van der Waals surface area contributed by atoms with Crippen LogP contribution in [0.4, 0.5) is 0 Å². The summed E-state index contributed by atoms with van der Waals surface area (Å²) < 4.78 is 10.5. The van der Waals surface area contributed by atoms with Crippen molar-refractivity contribution < 1.29 is 18.8 Å². The maximum absolute atomic E-state index is 12.7. The molecule has 8 heteroatoms. The fourth-order valence-electron chi connectivity index (χ4n) is 5.16. The van der Waals surface area contributed by atoms with E-state index in [0.29, 0.717) is 44.3 Å². The summed E-state index contributed by atoms with van der Waals surface area (Å²) in [6, 6.07) is 0. The predicted molar refractivity (Wildman–Crippen MR) is 100 cm³/mol. The molecule has 2 aliphatic heterocycles. The molecular weight excluding hydrogens is 360 g/mol. The first-order valence-corrected chi connectivity index (χ1v) is 10.4. The van der Waals surface area contributed by atoms with Crippen molar-refractivity contribution in [1.29, 1.82) is 0 Å². The average molecular weight is 390 g/mol. The number of rotatable bonds is 6. The number of nitrogens with zero attached hydrogens (tertiary/aromatic N) is 4. The van der Waals surface area contributed by atoms with Crippen LogP contribution in [0.1, 0.15) is 56.2 Å². The minimum absolute atomic E-state index is 0.0339. The maximum Gasteiger partial charge on any atom is 0.248 e. The lowest BCUT2D eigenvalue weighted by Gasteiger charge is -2.50. The molecule has 154 valence electrons. The number of amides is 2. The molecular formula is C20H30N4O4. The molecule has 1 unspecified atom stereocenters. The summed E-state index contributed by atoms with van der Waals surface area (Å²) in [6.07, 6.45) is 6.80. The molecule has 1 atom stereocenters. The zero-order chi connectivity index (χ0) is 19.7. The Bertz CT molecular complexity index is 722. The summed E-state index contributed by atoms with van der Waals surface area (Å²) in [5.41, 5.74) is -0.189. The van der Waals surface area contributed by atoms with Crippen LogP contribution in [0.2, 0.25) is 0 Å². The molecule has 8 nitrogen and oxygen atoms in total. The maximum atomic E-state index is 12.7. The normalized spacial score (nSPS) is 24.1. The van der Waals surface area contributed by atoms with Crippen LogP contribution in [-0.2, 0) is 14.3 Å². The number of aromatic nitrogens is 2. The quantitative estimate of drug-likeness (QED) is 0.735. The Labute approximate surface area is 165 Å². The molecule has 0 radical (unpaired) electrons. The summed E-state index contributed by atoms with van der Waals surface area (Å²) in [5.74, 6) is 2.06. The van der Waals surface area contributed by atoms with Gasteiger partial charge in [0.2, 0.25) is 17.7 Å². The number of ether oxygens (including phenoxy) is 1. The lowest BCUT2D eigenvalue weighted by molar-refractivity contribution is -0.145. The molecule has 0 aromatic carbocycles. The number of methoxy groups -OCH3 is 1. The van der Waals surface area contributed by atoms with Crippen LogP contribution >= 0.6 is 0 Å². The first kappa shape index (κ1) is 19.4. The molecule has 3 aliphatic rings. The molecule has 4 rings (SSSR count). The zero-order valence-corrected chi connectivity index (χ0v) is 16.9. The topological polar surface area (TPSA) is 88.8 Å². The van der Waals surface area contributed by atoms with Crippen molar-refractivity contribution >= 4 is 11.8 Å². The predicted octanol–water partition coefficient (Wildman–Crippen LogP) is 1.75. The second-order valence-electron chi connectivity index (χ2n) is 8.74. The minimum Gasteiger partial charge on any atom is -0.375 e. The summed E-state index contributed by atoms with van der Waals surface area (Å²) in [5, 5.41) is 3.92. The Morgan fingerprint density at radius 1 is 1.18 bits per heavy atom. The average Bonchev–Trinajstić information content (AvgIpc) is 3.37. The molecule has 3 heterocycles. The number of likely N-dealkylation sites (tertiary alicyclic amines) is 2. The first-order valence-electron chi connectivity index (χ1n) is 10.4. The molecule has 0 bridgehead atoms. The van der Waals surface area contributed by atoms with Gasteiger partial charge in [-0.05, 0) is 19.3 Å². The highest BCUT2D eigenvalue weighted by Gasteiger charge is 2.58. The third-order valence-corrected chi connectivity index (χ3v) is 6.72. The van der Waals surface area contributed by atoms with Gasteiger partial charge < -0.3 is 19.1 Å². The molecule has 2 saturated heterocycles. The van der Waals surface area contributed by atoms with E-state index in [1.165, 1.54) is 32.8 Å². The van der Waals surface area contributed by atoms with E-state index in [2.05, 4.69) is 10.1 Å². The lowest BCUT2D eigenvalue weighted by atomic mass is 9.71. The van der Waals surface area contributed by atoms with Crippen LogP contribution in [0.25, 0.3) is 0 Å². The Kier molecular flexibility index (Phi) is 5.40. The van der Waals surface area contributed by atoms with Gasteiger partial charge in [-0.15, -0.1) is 0 Å². The molecule has 1 aromatic heterocycles. The van der Waals surface area contributed by atoms with Gasteiger partial charge in [0.25, 0.3) is 0 Å². The Balaban J connectivity index is 1.40. The number of carbonyl (C=O) groups excluding carboxylic acids is 2. The SMILES string of the molecule is COCC(=O)N1CC(c2nc(C)no2)C2(C1)CN(C(=O)CCC1CCCC1)C2. The van der Waals surface area contributed by atoms with E-state index >= 15 is 0 Å². The van der Waals surface area contributed by atoms with Crippen molar-refractivity contribution in [2.75, 3.05) is 39.9 Å². The van der Waals surface area contributed by atoms with E-state index in [1.54, 1.807) is 6.92 Å². The Morgan fingerprint density at radius 2 is 1.89 bits per heavy atom. The fraction of sp³-hybridized carbons (Fsp3) is 0.800. The molecule has 1 aliphatic carbocycles. The summed E-state index contributed by atoms with van der Waals surface area (Å²) in [7, 11) is 1.52. The highest BCUT2D eigenvalue weighted by Crippen LogP contribution is 2.49. The molecule has 2 amide bonds. The third-order valence-electron chi connectivity index (χ3n) is 6.72. The van der Waals surface area contributed by atoms with Crippen LogP contribution in [0.3, 0.4) is 0 Å². The second-order valence-corrected chi connectivity index (χ2v) is 8.74. The van der Waals surface area contributed by atoms with Crippen LogP contribution in [-0.4, -0.2) is 71.7 Å². The second kappa shape index (κ2) is 7.81. The zero-order valence-electron chi connectivity index (χ0n) is 16.9. The van der Waals surface area contributed by atoms with Crippen LogP contribution < -0.4 is 0 Å². The van der Waals surface area contributed by atoms with Crippen LogP contribution in [0, 0.1) is 18.3 Å². The lowest BCUT2D eigenvalue weighted by Crippen LogP contribution is -2.61. The highest BCUT2D eigenvalue weighted by molar-refractivity contribution is 5.79. The molecule has 28 heavy (non-hydrogen) atoms. The Hall–Kier alpha value is -1.96. The van der Waals surface area contributed by atoms with Crippen LogP contribution in [0.15, 0.2) is 4.52 Å². The van der Waals surface area contributed by atoms with Gasteiger partial charge in [0.1, 0.15) is 6.61 Å². The van der Waals surface area contributed by atoms with Crippen LogP contribution in [0.5, 0.6) is 0 Å². The fourth-order valence-corrected chi connectivity index (χ4v) is 5.16. The van der Waals surface area contributed by atoms with Crippen molar-refractivity contribution in [3.63, 3.8) is 0 Å². The van der Waals surface area contributed by atoms with Gasteiger partial charge in [-0.1, -0.05) is 30.8 Å². The number of carbonyl (C=O) groups is 2. The minimum atomic E-state index is -0.189. The van der Waals surface area contributed by atoms with Crippen molar-refractivity contribution in [2.24, 2.45) is 11.3 Å². The van der Waals surface area contributed by atoms with Crippen molar-refractivity contribution in [3.8, 4) is 0 Å². The van der Waals surface area contributed by atoms with Gasteiger partial charge in [0.15, 0.2) is 5.82 Å².